The number of benzene rings is 2. The van der Waals surface area contributed by atoms with Crippen LogP contribution >= 0.6 is 0 Å². The first-order chi connectivity index (χ1) is 13.6. The predicted molar refractivity (Wildman–Crippen MR) is 103 cm³/mol. The van der Waals surface area contributed by atoms with Crippen molar-refractivity contribution in [3.63, 3.8) is 0 Å². The SMILES string of the molecule is O=C(CCCOc1cccc(F)c1)Nc1ccc(NC(=O)c2ccco2)cc1. The molecule has 0 spiro atoms. The summed E-state index contributed by atoms with van der Waals surface area (Å²) in [6.07, 6.45) is 2.20. The van der Waals surface area contributed by atoms with Gasteiger partial charge in [-0.3, -0.25) is 9.59 Å². The molecule has 2 amide bonds. The lowest BCUT2D eigenvalue weighted by Gasteiger charge is -2.08. The molecule has 0 unspecified atom stereocenters. The van der Waals surface area contributed by atoms with Crippen LogP contribution in [0.1, 0.15) is 23.4 Å². The van der Waals surface area contributed by atoms with Crippen LogP contribution in [0.25, 0.3) is 0 Å². The molecule has 0 radical (unpaired) electrons. The lowest BCUT2D eigenvalue weighted by Crippen LogP contribution is -2.13. The minimum atomic E-state index is -0.362. The minimum absolute atomic E-state index is 0.157. The number of rotatable bonds is 8. The van der Waals surface area contributed by atoms with Crippen LogP contribution in [0.3, 0.4) is 0 Å². The number of ether oxygens (including phenoxy) is 1. The van der Waals surface area contributed by atoms with Crippen LogP contribution < -0.4 is 15.4 Å². The summed E-state index contributed by atoms with van der Waals surface area (Å²) in [7, 11) is 0. The van der Waals surface area contributed by atoms with Gasteiger partial charge in [-0.2, -0.15) is 0 Å². The maximum Gasteiger partial charge on any atom is 0.291 e. The van der Waals surface area contributed by atoms with E-state index in [1.54, 1.807) is 48.5 Å². The second-order valence-corrected chi connectivity index (χ2v) is 5.97. The third-order valence-corrected chi connectivity index (χ3v) is 3.78. The Balaban J connectivity index is 1.39. The van der Waals surface area contributed by atoms with E-state index in [9.17, 15) is 14.0 Å². The molecule has 2 N–H and O–H groups in total. The summed E-state index contributed by atoms with van der Waals surface area (Å²) in [4.78, 5) is 23.9. The molecule has 0 aliphatic rings. The summed E-state index contributed by atoms with van der Waals surface area (Å²) in [5.41, 5.74) is 1.20. The molecular weight excluding hydrogens is 363 g/mol. The summed E-state index contributed by atoms with van der Waals surface area (Å²) >= 11 is 0. The van der Waals surface area contributed by atoms with Gasteiger partial charge in [-0.05, 0) is 55.0 Å². The summed E-state index contributed by atoms with van der Waals surface area (Å²) in [5, 5.41) is 5.47. The van der Waals surface area contributed by atoms with Gasteiger partial charge in [0, 0.05) is 23.9 Å². The van der Waals surface area contributed by atoms with Gasteiger partial charge in [0.2, 0.25) is 5.91 Å². The molecule has 3 aromatic rings. The van der Waals surface area contributed by atoms with Gasteiger partial charge in [-0.1, -0.05) is 6.07 Å². The Kier molecular flexibility index (Phi) is 6.41. The van der Waals surface area contributed by atoms with Gasteiger partial charge in [0.15, 0.2) is 5.76 Å². The lowest BCUT2D eigenvalue weighted by molar-refractivity contribution is -0.116. The van der Waals surface area contributed by atoms with Crippen molar-refractivity contribution in [2.45, 2.75) is 12.8 Å². The maximum absolute atomic E-state index is 13.0. The number of halogens is 1. The van der Waals surface area contributed by atoms with Crippen molar-refractivity contribution in [3.05, 3.63) is 78.5 Å². The lowest BCUT2D eigenvalue weighted by atomic mass is 10.2. The van der Waals surface area contributed by atoms with Crippen LogP contribution in [0.4, 0.5) is 15.8 Å². The molecule has 3 rings (SSSR count). The smallest absolute Gasteiger partial charge is 0.291 e. The third kappa shape index (κ3) is 5.70. The Morgan fingerprint density at radius 2 is 1.71 bits per heavy atom. The molecule has 0 aliphatic heterocycles. The van der Waals surface area contributed by atoms with E-state index in [0.717, 1.165) is 0 Å². The molecule has 0 atom stereocenters. The molecule has 1 heterocycles. The van der Waals surface area contributed by atoms with Crippen LogP contribution in [0.2, 0.25) is 0 Å². The summed E-state index contributed by atoms with van der Waals surface area (Å²) in [6, 6.07) is 15.8. The zero-order valence-electron chi connectivity index (χ0n) is 15.0. The van der Waals surface area contributed by atoms with Crippen molar-refractivity contribution < 1.29 is 23.1 Å². The largest absolute Gasteiger partial charge is 0.493 e. The van der Waals surface area contributed by atoms with E-state index in [0.29, 0.717) is 30.2 Å². The molecule has 0 saturated heterocycles. The van der Waals surface area contributed by atoms with E-state index in [1.165, 1.54) is 18.4 Å². The van der Waals surface area contributed by atoms with Crippen molar-refractivity contribution >= 4 is 23.2 Å². The minimum Gasteiger partial charge on any atom is -0.493 e. The highest BCUT2D eigenvalue weighted by atomic mass is 19.1. The summed E-state index contributed by atoms with van der Waals surface area (Å²) < 4.78 is 23.5. The van der Waals surface area contributed by atoms with Crippen LogP contribution in [0, 0.1) is 5.82 Å². The Morgan fingerprint density at radius 3 is 2.39 bits per heavy atom. The quantitative estimate of drug-likeness (QED) is 0.564. The molecule has 2 aromatic carbocycles. The van der Waals surface area contributed by atoms with Gasteiger partial charge in [0.1, 0.15) is 11.6 Å². The average Bonchev–Trinajstić information content (AvgIpc) is 3.22. The molecule has 6 nitrogen and oxygen atoms in total. The van der Waals surface area contributed by atoms with Gasteiger partial charge >= 0.3 is 0 Å². The standard InChI is InChI=1S/C21H19FN2O4/c22-15-4-1-5-18(14-15)27-12-3-7-20(25)23-16-8-10-17(11-9-16)24-21(26)19-6-2-13-28-19/h1-2,4-6,8-11,13-14H,3,7,12H2,(H,23,25)(H,24,26). The first-order valence-corrected chi connectivity index (χ1v) is 8.73. The van der Waals surface area contributed by atoms with Gasteiger partial charge in [-0.25, -0.2) is 4.39 Å². The Hall–Kier alpha value is -3.61. The third-order valence-electron chi connectivity index (χ3n) is 3.78. The van der Waals surface area contributed by atoms with E-state index >= 15 is 0 Å². The van der Waals surface area contributed by atoms with Gasteiger partial charge in [0.25, 0.3) is 5.91 Å². The van der Waals surface area contributed by atoms with Gasteiger partial charge < -0.3 is 19.8 Å². The van der Waals surface area contributed by atoms with Crippen molar-refractivity contribution in [1.29, 1.82) is 0 Å². The molecule has 0 saturated carbocycles. The van der Waals surface area contributed by atoms with Crippen LogP contribution in [-0.4, -0.2) is 18.4 Å². The first kappa shape index (κ1) is 19.2. The monoisotopic (exact) mass is 382 g/mol. The fraction of sp³-hybridized carbons (Fsp3) is 0.143. The fourth-order valence-electron chi connectivity index (χ4n) is 2.44. The number of hydrogen-bond acceptors (Lipinski definition) is 4. The number of anilines is 2. The number of furan rings is 1. The molecule has 0 aliphatic carbocycles. The Morgan fingerprint density at radius 1 is 0.964 bits per heavy atom. The van der Waals surface area contributed by atoms with Gasteiger partial charge in [0.05, 0.1) is 12.9 Å². The number of amides is 2. The van der Waals surface area contributed by atoms with Crippen molar-refractivity contribution in [2.75, 3.05) is 17.2 Å². The highest BCUT2D eigenvalue weighted by Gasteiger charge is 2.09. The Bertz CT molecular complexity index is 924. The average molecular weight is 382 g/mol. The van der Waals surface area contributed by atoms with E-state index in [1.807, 2.05) is 0 Å². The first-order valence-electron chi connectivity index (χ1n) is 8.73. The van der Waals surface area contributed by atoms with Crippen LogP contribution in [0.5, 0.6) is 5.75 Å². The van der Waals surface area contributed by atoms with Crippen molar-refractivity contribution in [2.24, 2.45) is 0 Å². The maximum atomic E-state index is 13.0. The van der Waals surface area contributed by atoms with Gasteiger partial charge in [-0.15, -0.1) is 0 Å². The topological polar surface area (TPSA) is 80.6 Å². The number of carbonyl (C=O) groups is 2. The predicted octanol–water partition coefficient (Wildman–Crippen LogP) is 4.47. The zero-order chi connectivity index (χ0) is 19.8. The molecule has 28 heavy (non-hydrogen) atoms. The fourth-order valence-corrected chi connectivity index (χ4v) is 2.44. The number of nitrogens with one attached hydrogen (secondary N) is 2. The summed E-state index contributed by atoms with van der Waals surface area (Å²) in [6.45, 7) is 0.314. The van der Waals surface area contributed by atoms with E-state index in [-0.39, 0.29) is 29.8 Å². The summed E-state index contributed by atoms with van der Waals surface area (Å²) in [5.74, 6) is -0.209. The normalized spacial score (nSPS) is 10.3. The molecule has 7 heteroatoms. The highest BCUT2D eigenvalue weighted by molar-refractivity contribution is 6.02. The second-order valence-electron chi connectivity index (χ2n) is 5.97. The number of hydrogen-bond donors (Lipinski definition) is 2. The Labute approximate surface area is 161 Å². The molecule has 144 valence electrons. The molecule has 0 fully saturated rings. The molecule has 0 bridgehead atoms. The number of carbonyl (C=O) groups excluding carboxylic acids is 2. The van der Waals surface area contributed by atoms with E-state index in [4.69, 9.17) is 9.15 Å². The molecule has 1 aromatic heterocycles. The van der Waals surface area contributed by atoms with Crippen LogP contribution in [-0.2, 0) is 4.79 Å². The highest BCUT2D eigenvalue weighted by Crippen LogP contribution is 2.16. The van der Waals surface area contributed by atoms with E-state index < -0.39 is 0 Å². The van der Waals surface area contributed by atoms with Crippen LogP contribution in [0.15, 0.2) is 71.3 Å². The zero-order valence-corrected chi connectivity index (χ0v) is 15.0. The second kappa shape index (κ2) is 9.36. The van der Waals surface area contributed by atoms with Crippen molar-refractivity contribution in [1.82, 2.24) is 0 Å². The molecular formula is C21H19FN2O4. The van der Waals surface area contributed by atoms with Crippen molar-refractivity contribution in [3.8, 4) is 5.75 Å². The van der Waals surface area contributed by atoms with E-state index in [2.05, 4.69) is 10.6 Å².